The van der Waals surface area contributed by atoms with Crippen molar-refractivity contribution in [3.05, 3.63) is 0 Å². The van der Waals surface area contributed by atoms with Gasteiger partial charge in [0.2, 0.25) is 11.8 Å². The van der Waals surface area contributed by atoms with E-state index >= 15 is 0 Å². The van der Waals surface area contributed by atoms with Crippen LogP contribution < -0.4 is 10.6 Å². The maximum atomic E-state index is 11.1. The lowest BCUT2D eigenvalue weighted by Crippen LogP contribution is -2.46. The van der Waals surface area contributed by atoms with Gasteiger partial charge in [-0.2, -0.15) is 0 Å². The minimum atomic E-state index is -1.50. The number of nitrogens with one attached hydrogen (secondary N) is 2. The van der Waals surface area contributed by atoms with E-state index in [0.29, 0.717) is 0 Å². The van der Waals surface area contributed by atoms with E-state index in [1.54, 1.807) is 0 Å². The van der Waals surface area contributed by atoms with E-state index in [-0.39, 0.29) is 0 Å². The fourth-order valence-electron chi connectivity index (χ4n) is 0.825. The van der Waals surface area contributed by atoms with Crippen LogP contribution in [-0.4, -0.2) is 46.6 Å². The smallest absolute Gasteiger partial charge is 0.326 e. The third-order valence-electron chi connectivity index (χ3n) is 1.51. The largest absolute Gasteiger partial charge is 0.481 e. The van der Waals surface area contributed by atoms with E-state index in [2.05, 4.69) is 5.32 Å². The van der Waals surface area contributed by atoms with Crippen molar-refractivity contribution >= 4 is 23.8 Å². The first-order chi connectivity index (χ1) is 7.32. The van der Waals surface area contributed by atoms with Crippen LogP contribution in [0.1, 0.15) is 13.3 Å². The number of aliphatic carboxylic acids is 2. The first-order valence-corrected chi connectivity index (χ1v) is 4.31. The molecule has 0 unspecified atom stereocenters. The standard InChI is InChI=1S/C8H12N2O6/c1-4(11)9-3-6(12)10-5(8(15)16)2-7(13)14/h5H,2-3H2,1H3,(H,9,11)(H,10,12)(H,13,14)(H,15,16)/t5-/m0/s1. The van der Waals surface area contributed by atoms with Gasteiger partial charge in [0.15, 0.2) is 0 Å². The molecule has 0 rings (SSSR count). The number of amides is 2. The normalized spacial score (nSPS) is 11.3. The van der Waals surface area contributed by atoms with Gasteiger partial charge in [0.25, 0.3) is 0 Å². The highest BCUT2D eigenvalue weighted by Crippen LogP contribution is 1.92. The molecule has 0 bridgehead atoms. The van der Waals surface area contributed by atoms with Crippen molar-refractivity contribution in [2.45, 2.75) is 19.4 Å². The van der Waals surface area contributed by atoms with Crippen LogP contribution in [0.25, 0.3) is 0 Å². The predicted octanol–water partition coefficient (Wildman–Crippen LogP) is -1.83. The molecule has 0 aliphatic rings. The molecule has 0 aromatic rings. The van der Waals surface area contributed by atoms with Gasteiger partial charge in [0.05, 0.1) is 13.0 Å². The topological polar surface area (TPSA) is 133 Å². The average molecular weight is 232 g/mol. The lowest BCUT2D eigenvalue weighted by atomic mass is 10.2. The van der Waals surface area contributed by atoms with Crippen LogP contribution in [0.5, 0.6) is 0 Å². The summed E-state index contributed by atoms with van der Waals surface area (Å²) in [6.07, 6.45) is -0.721. The highest BCUT2D eigenvalue weighted by atomic mass is 16.4. The highest BCUT2D eigenvalue weighted by molar-refractivity contribution is 5.89. The SMILES string of the molecule is CC(=O)NCC(=O)N[C@@H](CC(=O)O)C(=O)O. The van der Waals surface area contributed by atoms with Crippen LogP contribution in [-0.2, 0) is 19.2 Å². The van der Waals surface area contributed by atoms with Gasteiger partial charge < -0.3 is 20.8 Å². The van der Waals surface area contributed by atoms with Gasteiger partial charge in [-0.05, 0) is 0 Å². The van der Waals surface area contributed by atoms with E-state index in [4.69, 9.17) is 10.2 Å². The van der Waals surface area contributed by atoms with Crippen LogP contribution in [0.15, 0.2) is 0 Å². The van der Waals surface area contributed by atoms with Crippen molar-refractivity contribution in [1.29, 1.82) is 0 Å². The molecule has 0 fully saturated rings. The number of hydrogen-bond acceptors (Lipinski definition) is 4. The summed E-state index contributed by atoms with van der Waals surface area (Å²) in [5, 5.41) is 21.1. The van der Waals surface area contributed by atoms with Gasteiger partial charge in [-0.3, -0.25) is 14.4 Å². The van der Waals surface area contributed by atoms with Gasteiger partial charge in [-0.1, -0.05) is 0 Å². The van der Waals surface area contributed by atoms with Gasteiger partial charge in [-0.15, -0.1) is 0 Å². The molecule has 0 aromatic heterocycles. The van der Waals surface area contributed by atoms with E-state index in [1.807, 2.05) is 5.32 Å². The number of carbonyl (C=O) groups excluding carboxylic acids is 2. The number of carboxylic acids is 2. The molecule has 0 spiro atoms. The molecule has 16 heavy (non-hydrogen) atoms. The van der Waals surface area contributed by atoms with Crippen LogP contribution in [0.3, 0.4) is 0 Å². The zero-order valence-electron chi connectivity index (χ0n) is 8.52. The summed E-state index contributed by atoms with van der Waals surface area (Å²) < 4.78 is 0. The third-order valence-corrected chi connectivity index (χ3v) is 1.51. The van der Waals surface area contributed by atoms with Crippen molar-refractivity contribution in [2.75, 3.05) is 6.54 Å². The van der Waals surface area contributed by atoms with E-state index in [0.717, 1.165) is 0 Å². The van der Waals surface area contributed by atoms with Crippen molar-refractivity contribution < 1.29 is 29.4 Å². The fraction of sp³-hybridized carbons (Fsp3) is 0.500. The second-order valence-electron chi connectivity index (χ2n) is 2.97. The Labute approximate surface area is 90.6 Å². The summed E-state index contributed by atoms with van der Waals surface area (Å²) in [6, 6.07) is -1.50. The second kappa shape index (κ2) is 6.38. The van der Waals surface area contributed by atoms with Crippen molar-refractivity contribution in [1.82, 2.24) is 10.6 Å². The minimum absolute atomic E-state index is 0.390. The summed E-state index contributed by atoms with van der Waals surface area (Å²) in [7, 11) is 0. The Hall–Kier alpha value is -2.12. The first-order valence-electron chi connectivity index (χ1n) is 4.31. The lowest BCUT2D eigenvalue weighted by molar-refractivity contribution is -0.147. The quantitative estimate of drug-likeness (QED) is 0.425. The number of carboxylic acid groups (broad SMARTS) is 2. The summed E-state index contributed by atoms with van der Waals surface area (Å²) in [5.74, 6) is -3.99. The predicted molar refractivity (Wildman–Crippen MR) is 50.5 cm³/mol. The zero-order valence-corrected chi connectivity index (χ0v) is 8.52. The van der Waals surface area contributed by atoms with E-state index in [1.165, 1.54) is 6.92 Å². The molecule has 4 N–H and O–H groups in total. The average Bonchev–Trinajstić information content (AvgIpc) is 2.12. The molecule has 8 nitrogen and oxygen atoms in total. The Kier molecular flexibility index (Phi) is 5.53. The maximum absolute atomic E-state index is 11.1. The Morgan fingerprint density at radius 2 is 1.75 bits per heavy atom. The molecule has 0 heterocycles. The van der Waals surface area contributed by atoms with Gasteiger partial charge in [-0.25, -0.2) is 4.79 Å². The van der Waals surface area contributed by atoms with Gasteiger partial charge in [0.1, 0.15) is 6.04 Å². The van der Waals surface area contributed by atoms with Crippen LogP contribution in [0.4, 0.5) is 0 Å². The summed E-state index contributed by atoms with van der Waals surface area (Å²) in [5.41, 5.74) is 0. The van der Waals surface area contributed by atoms with Crippen LogP contribution >= 0.6 is 0 Å². The molecule has 90 valence electrons. The molecular formula is C8H12N2O6. The number of hydrogen-bond donors (Lipinski definition) is 4. The van der Waals surface area contributed by atoms with Gasteiger partial charge >= 0.3 is 11.9 Å². The van der Waals surface area contributed by atoms with Gasteiger partial charge in [0, 0.05) is 6.92 Å². The Morgan fingerprint density at radius 1 is 1.19 bits per heavy atom. The van der Waals surface area contributed by atoms with E-state index in [9.17, 15) is 19.2 Å². The number of rotatable bonds is 6. The molecule has 2 amide bonds. The Balaban J connectivity index is 4.18. The molecule has 0 aliphatic carbocycles. The third kappa shape index (κ3) is 6.35. The highest BCUT2D eigenvalue weighted by Gasteiger charge is 2.22. The molecule has 0 saturated carbocycles. The fourth-order valence-corrected chi connectivity index (χ4v) is 0.825. The lowest BCUT2D eigenvalue weighted by Gasteiger charge is -2.12. The number of carbonyl (C=O) groups is 4. The summed E-state index contributed by atoms with van der Waals surface area (Å²) in [6.45, 7) is 0.804. The van der Waals surface area contributed by atoms with Crippen LogP contribution in [0, 0.1) is 0 Å². The molecular weight excluding hydrogens is 220 g/mol. The summed E-state index contributed by atoms with van der Waals surface area (Å²) >= 11 is 0. The minimum Gasteiger partial charge on any atom is -0.481 e. The maximum Gasteiger partial charge on any atom is 0.326 e. The molecule has 0 saturated heterocycles. The molecule has 0 aliphatic heterocycles. The second-order valence-corrected chi connectivity index (χ2v) is 2.97. The van der Waals surface area contributed by atoms with Crippen molar-refractivity contribution in [2.24, 2.45) is 0 Å². The zero-order chi connectivity index (χ0) is 12.7. The summed E-state index contributed by atoms with van der Waals surface area (Å²) in [4.78, 5) is 42.3. The van der Waals surface area contributed by atoms with Crippen LogP contribution in [0.2, 0.25) is 0 Å². The van der Waals surface area contributed by atoms with Crippen molar-refractivity contribution in [3.8, 4) is 0 Å². The Morgan fingerprint density at radius 3 is 2.12 bits per heavy atom. The first kappa shape index (κ1) is 13.9. The van der Waals surface area contributed by atoms with Crippen molar-refractivity contribution in [3.63, 3.8) is 0 Å². The molecule has 8 heteroatoms. The molecule has 1 atom stereocenters. The molecule has 0 radical (unpaired) electrons. The molecule has 0 aromatic carbocycles. The monoisotopic (exact) mass is 232 g/mol. The Bertz CT molecular complexity index is 314. The van der Waals surface area contributed by atoms with E-state index < -0.39 is 42.8 Å².